The predicted molar refractivity (Wildman–Crippen MR) is 187 cm³/mol. The van der Waals surface area contributed by atoms with Crippen LogP contribution in [0.1, 0.15) is 136 Å². The number of nitrogens with zero attached hydrogens (tertiary/aromatic N) is 1. The summed E-state index contributed by atoms with van der Waals surface area (Å²) in [5.74, 6) is -0.890. The van der Waals surface area contributed by atoms with Crippen molar-refractivity contribution in [1.29, 1.82) is 0 Å². The maximum Gasteiger partial charge on any atom is 0.327 e. The fourth-order valence-corrected chi connectivity index (χ4v) is 7.10. The van der Waals surface area contributed by atoms with Gasteiger partial charge in [0.05, 0.1) is 39.3 Å². The van der Waals surface area contributed by atoms with E-state index in [1.54, 1.807) is 0 Å². The van der Waals surface area contributed by atoms with Gasteiger partial charge in [-0.3, -0.25) is 14.4 Å². The molecule has 0 amide bonds. The summed E-state index contributed by atoms with van der Waals surface area (Å²) in [6, 6.07) is -0.383. The molecule has 2 radical (unpaired) electrons. The van der Waals surface area contributed by atoms with Crippen LogP contribution in [0.25, 0.3) is 4.85 Å². The Morgan fingerprint density at radius 1 is 0.894 bits per heavy atom. The van der Waals surface area contributed by atoms with E-state index in [0.29, 0.717) is 12.8 Å². The summed E-state index contributed by atoms with van der Waals surface area (Å²) in [4.78, 5) is 40.0. The molecule has 1 fully saturated rings. The molecule has 0 N–H and O–H groups in total. The summed E-state index contributed by atoms with van der Waals surface area (Å²) in [5, 5.41) is 0. The molecule has 0 bridgehead atoms. The van der Waals surface area contributed by atoms with Crippen LogP contribution >= 0.6 is 6.72 Å². The van der Waals surface area contributed by atoms with Crippen LogP contribution in [0.2, 0.25) is 0 Å². The van der Waals surface area contributed by atoms with Gasteiger partial charge in [0.2, 0.25) is 6.54 Å². The monoisotopic (exact) mass is 699 g/mol. The second-order valence-electron chi connectivity index (χ2n) is 12.4. The molecule has 0 aromatic rings. The number of hydrogen-bond donors (Lipinski definition) is 0. The quantitative estimate of drug-likeness (QED) is 0.0242. The third-order valence-electron chi connectivity index (χ3n) is 8.22. The fourth-order valence-electron chi connectivity index (χ4n) is 5.30. The molecule has 10 nitrogen and oxygen atoms in total. The Kier molecular flexibility index (Phi) is 25.5. The van der Waals surface area contributed by atoms with Crippen LogP contribution in [-0.4, -0.2) is 77.3 Å². The lowest BCUT2D eigenvalue weighted by atomic mass is 9.92. The zero-order valence-corrected chi connectivity index (χ0v) is 30.8. The van der Waals surface area contributed by atoms with Crippen molar-refractivity contribution in [2.75, 3.05) is 33.5 Å². The van der Waals surface area contributed by atoms with Crippen molar-refractivity contribution in [3.05, 3.63) is 11.4 Å². The van der Waals surface area contributed by atoms with E-state index in [0.717, 1.165) is 19.3 Å². The maximum absolute atomic E-state index is 12.7. The molecule has 0 aliphatic carbocycles. The van der Waals surface area contributed by atoms with Crippen LogP contribution in [0, 0.1) is 12.5 Å². The molecule has 0 saturated carbocycles. The predicted octanol–water partition coefficient (Wildman–Crippen LogP) is 7.80. The van der Waals surface area contributed by atoms with Crippen LogP contribution in [0.5, 0.6) is 0 Å². The van der Waals surface area contributed by atoms with E-state index in [2.05, 4.69) is 16.5 Å². The highest BCUT2D eigenvalue weighted by Crippen LogP contribution is 2.50. The van der Waals surface area contributed by atoms with Crippen molar-refractivity contribution in [3.8, 4) is 0 Å². The standard InChI is InChI=1S/C34H59BNO9PS/c1-5-6-7-8-9-10-11-12-13-14-15-16-17-18-29(37)19-20-30(44-34(39)22-21-33(38)40-4)26-42-46(47,41-24-23-36-3)43-27-31-28(2)25-32(35)45-31/h28,30-32H,5-27H2,1-2,4H3/t28?,30?,31-,32-,46?/m1/s1. The van der Waals surface area contributed by atoms with Crippen LogP contribution in [0.3, 0.4) is 0 Å². The molecule has 1 saturated heterocycles. The summed E-state index contributed by atoms with van der Waals surface area (Å²) in [6.07, 6.45) is 16.4. The van der Waals surface area contributed by atoms with Gasteiger partial charge in [0.15, 0.2) is 0 Å². The smallest absolute Gasteiger partial charge is 0.327 e. The molecule has 13 heteroatoms. The van der Waals surface area contributed by atoms with Crippen LogP contribution < -0.4 is 0 Å². The molecule has 1 aliphatic heterocycles. The van der Waals surface area contributed by atoms with Gasteiger partial charge in [-0.1, -0.05) is 90.9 Å². The highest BCUT2D eigenvalue weighted by atomic mass is 32.5. The summed E-state index contributed by atoms with van der Waals surface area (Å²) in [5.41, 5.74) is 0. The van der Waals surface area contributed by atoms with Crippen molar-refractivity contribution in [2.24, 2.45) is 5.92 Å². The molecule has 5 atom stereocenters. The third kappa shape index (κ3) is 22.8. The Morgan fingerprint density at radius 3 is 2.04 bits per heavy atom. The molecule has 3 unspecified atom stereocenters. The Morgan fingerprint density at radius 2 is 1.49 bits per heavy atom. The number of carbonyl (C=O) groups excluding carboxylic acids is 3. The third-order valence-corrected chi connectivity index (χ3v) is 10.6. The molecule has 1 aliphatic rings. The first-order valence-electron chi connectivity index (χ1n) is 17.7. The van der Waals surface area contributed by atoms with Crippen molar-refractivity contribution >= 4 is 44.1 Å². The average Bonchev–Trinajstić information content (AvgIpc) is 3.38. The molecule has 0 aromatic heterocycles. The van der Waals surface area contributed by atoms with Gasteiger partial charge in [0, 0.05) is 18.8 Å². The first-order chi connectivity index (χ1) is 22.6. The van der Waals surface area contributed by atoms with E-state index in [4.69, 9.17) is 49.3 Å². The number of ketones is 1. The summed E-state index contributed by atoms with van der Waals surface area (Å²) < 4.78 is 33.5. The number of methoxy groups -OCH3 is 1. The van der Waals surface area contributed by atoms with Gasteiger partial charge < -0.3 is 32.6 Å². The number of rotatable bonds is 30. The van der Waals surface area contributed by atoms with Crippen LogP contribution in [-0.2, 0) is 54.0 Å². The minimum absolute atomic E-state index is 0.0164. The van der Waals surface area contributed by atoms with Gasteiger partial charge in [-0.2, -0.15) is 0 Å². The molecule has 0 aromatic carbocycles. The number of hydrogen-bond acceptors (Lipinski definition) is 10. The lowest BCUT2D eigenvalue weighted by Gasteiger charge is -2.26. The fraction of sp³-hybridized carbons (Fsp3) is 0.882. The van der Waals surface area contributed by atoms with Crippen LogP contribution in [0.4, 0.5) is 0 Å². The van der Waals surface area contributed by atoms with E-state index >= 15 is 0 Å². The zero-order chi connectivity index (χ0) is 34.8. The molecule has 268 valence electrons. The molecular formula is C34H59BNO9PS. The molecule has 1 rings (SSSR count). The maximum atomic E-state index is 12.7. The molecule has 0 spiro atoms. The first-order valence-corrected chi connectivity index (χ1v) is 20.2. The van der Waals surface area contributed by atoms with Gasteiger partial charge in [0.1, 0.15) is 26.3 Å². The number of unbranched alkanes of at least 4 members (excludes halogenated alkanes) is 12. The SMILES string of the molecule is [B][C@H]1CC(C)[C@@H](COP(=S)(OCC[N+]#[C-])OCC(CCC(=O)CCCCCCCCCCCCCCC)OC(=O)CCC(=O)OC)O1. The van der Waals surface area contributed by atoms with Gasteiger partial charge in [-0.15, -0.1) is 0 Å². The Hall–Kier alpha value is -1.35. The number of Topliss-reactive ketones (excluding diaryl/α,β-unsaturated/α-hetero) is 1. The summed E-state index contributed by atoms with van der Waals surface area (Å²) in [7, 11) is 7.15. The minimum Gasteiger partial charge on any atom is -0.469 e. The summed E-state index contributed by atoms with van der Waals surface area (Å²) in [6.45, 7) is 7.97. The van der Waals surface area contributed by atoms with Gasteiger partial charge in [0.25, 0.3) is 0 Å². The number of ether oxygens (including phenoxy) is 3. The van der Waals surface area contributed by atoms with Gasteiger partial charge in [-0.25, -0.2) is 6.57 Å². The zero-order valence-electron chi connectivity index (χ0n) is 29.1. The molecule has 1 heterocycles. The minimum atomic E-state index is -3.35. The second-order valence-corrected chi connectivity index (χ2v) is 15.4. The number of carbonyl (C=O) groups is 3. The van der Waals surface area contributed by atoms with E-state index in [-0.39, 0.29) is 75.9 Å². The van der Waals surface area contributed by atoms with Crippen molar-refractivity contribution in [3.63, 3.8) is 0 Å². The molecule has 47 heavy (non-hydrogen) atoms. The number of esters is 2. The van der Waals surface area contributed by atoms with Crippen molar-refractivity contribution in [1.82, 2.24) is 0 Å². The average molecular weight is 700 g/mol. The van der Waals surface area contributed by atoms with Crippen LogP contribution in [0.15, 0.2) is 0 Å². The largest absolute Gasteiger partial charge is 0.469 e. The van der Waals surface area contributed by atoms with E-state index in [1.807, 2.05) is 6.92 Å². The highest BCUT2D eigenvalue weighted by Gasteiger charge is 2.33. The molecular weight excluding hydrogens is 640 g/mol. The first kappa shape index (κ1) is 43.7. The van der Waals surface area contributed by atoms with E-state index in [9.17, 15) is 14.4 Å². The topological polar surface area (TPSA) is 111 Å². The van der Waals surface area contributed by atoms with Gasteiger partial charge in [-0.05, 0) is 37.0 Å². The highest BCUT2D eigenvalue weighted by molar-refractivity contribution is 8.07. The Bertz CT molecular complexity index is 966. The lowest BCUT2D eigenvalue weighted by Crippen LogP contribution is -2.26. The van der Waals surface area contributed by atoms with Crippen molar-refractivity contribution < 1.29 is 42.2 Å². The van der Waals surface area contributed by atoms with Gasteiger partial charge >= 0.3 is 18.7 Å². The lowest BCUT2D eigenvalue weighted by molar-refractivity contribution is -0.154. The Balaban J connectivity index is 2.54. The summed E-state index contributed by atoms with van der Waals surface area (Å²) >= 11 is 5.61. The van der Waals surface area contributed by atoms with Crippen molar-refractivity contribution in [2.45, 2.75) is 154 Å². The second kappa shape index (κ2) is 27.5. The normalized spacial score (nSPS) is 19.5. The Labute approximate surface area is 290 Å². The van der Waals surface area contributed by atoms with E-state index < -0.39 is 24.8 Å². The van der Waals surface area contributed by atoms with E-state index in [1.165, 1.54) is 71.3 Å².